The molecule has 0 bridgehead atoms. The Hall–Kier alpha value is -0.630. The first kappa shape index (κ1) is 17.4. The Balaban J connectivity index is 2.26. The summed E-state index contributed by atoms with van der Waals surface area (Å²) in [5.74, 6) is 0. The van der Waals surface area contributed by atoms with Gasteiger partial charge in [0.2, 0.25) is 0 Å². The molecule has 0 amide bonds. The van der Waals surface area contributed by atoms with E-state index in [-0.39, 0.29) is 5.54 Å². The first-order valence-corrected chi connectivity index (χ1v) is 8.01. The maximum atomic E-state index is 9.33. The van der Waals surface area contributed by atoms with Crippen LogP contribution in [0.5, 0.6) is 0 Å². The number of nitrogens with one attached hydrogen (secondary N) is 1. The monoisotopic (exact) mass is 280 g/mol. The summed E-state index contributed by atoms with van der Waals surface area (Å²) in [4.78, 5) is 5.07. The van der Waals surface area contributed by atoms with E-state index < -0.39 is 0 Å². The average Bonchev–Trinajstić information content (AvgIpc) is 2.38. The molecule has 1 saturated heterocycles. The third kappa shape index (κ3) is 5.78. The van der Waals surface area contributed by atoms with Gasteiger partial charge in [-0.25, -0.2) is 0 Å². The molecule has 0 aromatic heterocycles. The predicted octanol–water partition coefficient (Wildman–Crippen LogP) is 2.07. The Bertz CT molecular complexity index is 313. The number of hydrogen-bond acceptors (Lipinski definition) is 4. The Morgan fingerprint density at radius 3 is 2.20 bits per heavy atom. The van der Waals surface area contributed by atoms with Crippen molar-refractivity contribution in [3.8, 4) is 6.07 Å². The van der Waals surface area contributed by atoms with Gasteiger partial charge in [-0.15, -0.1) is 0 Å². The fourth-order valence-electron chi connectivity index (χ4n) is 2.96. The van der Waals surface area contributed by atoms with Crippen LogP contribution in [-0.2, 0) is 0 Å². The molecule has 1 aliphatic rings. The zero-order valence-corrected chi connectivity index (χ0v) is 13.9. The molecule has 1 fully saturated rings. The molecule has 0 saturated carbocycles. The van der Waals surface area contributed by atoms with E-state index in [1.165, 1.54) is 26.2 Å². The summed E-state index contributed by atoms with van der Waals surface area (Å²) in [5, 5.41) is 12.7. The van der Waals surface area contributed by atoms with E-state index in [1.54, 1.807) is 0 Å². The van der Waals surface area contributed by atoms with E-state index >= 15 is 0 Å². The van der Waals surface area contributed by atoms with Gasteiger partial charge in [-0.05, 0) is 54.0 Å². The van der Waals surface area contributed by atoms with Gasteiger partial charge in [0, 0.05) is 38.3 Å². The van der Waals surface area contributed by atoms with Crippen LogP contribution in [0.1, 0.15) is 47.5 Å². The third-order valence-electron chi connectivity index (χ3n) is 4.14. The van der Waals surface area contributed by atoms with Gasteiger partial charge in [0.15, 0.2) is 0 Å². The van der Waals surface area contributed by atoms with E-state index in [1.807, 2.05) is 6.92 Å². The van der Waals surface area contributed by atoms with Crippen molar-refractivity contribution in [1.29, 1.82) is 5.26 Å². The summed E-state index contributed by atoms with van der Waals surface area (Å²) < 4.78 is 0. The molecule has 20 heavy (non-hydrogen) atoms. The van der Waals surface area contributed by atoms with Crippen LogP contribution >= 0.6 is 0 Å². The maximum Gasteiger partial charge on any atom is 0.104 e. The first-order chi connectivity index (χ1) is 9.36. The summed E-state index contributed by atoms with van der Waals surface area (Å²) >= 11 is 0. The summed E-state index contributed by atoms with van der Waals surface area (Å²) in [6.07, 6.45) is 2.01. The van der Waals surface area contributed by atoms with Gasteiger partial charge in [0.25, 0.3) is 0 Å². The molecule has 1 unspecified atom stereocenters. The van der Waals surface area contributed by atoms with Crippen LogP contribution in [0, 0.1) is 11.3 Å². The van der Waals surface area contributed by atoms with Crippen LogP contribution in [0.4, 0.5) is 0 Å². The largest absolute Gasteiger partial charge is 0.301 e. The molecule has 0 spiro atoms. The Morgan fingerprint density at radius 1 is 1.15 bits per heavy atom. The van der Waals surface area contributed by atoms with Crippen LogP contribution in [0.3, 0.4) is 0 Å². The quantitative estimate of drug-likeness (QED) is 0.775. The van der Waals surface area contributed by atoms with Gasteiger partial charge in [-0.1, -0.05) is 0 Å². The lowest BCUT2D eigenvalue weighted by Gasteiger charge is -2.37. The highest BCUT2D eigenvalue weighted by molar-refractivity contribution is 5.04. The van der Waals surface area contributed by atoms with Gasteiger partial charge < -0.3 is 4.90 Å². The molecule has 1 N–H and O–H groups in total. The first-order valence-electron chi connectivity index (χ1n) is 8.01. The van der Waals surface area contributed by atoms with Crippen molar-refractivity contribution in [2.24, 2.45) is 0 Å². The van der Waals surface area contributed by atoms with E-state index in [4.69, 9.17) is 0 Å². The van der Waals surface area contributed by atoms with Gasteiger partial charge >= 0.3 is 0 Å². The summed E-state index contributed by atoms with van der Waals surface area (Å²) in [6, 6.07) is 3.45. The van der Waals surface area contributed by atoms with Crippen molar-refractivity contribution in [2.75, 3.05) is 32.7 Å². The smallest absolute Gasteiger partial charge is 0.104 e. The Morgan fingerprint density at radius 2 is 1.75 bits per heavy atom. The molecule has 0 aliphatic carbocycles. The molecule has 1 heterocycles. The Labute approximate surface area is 125 Å². The normalized spacial score (nSPS) is 21.1. The standard InChI is InChI=1S/C16H32N4/c1-14(2)18-16(5,13-17)7-6-8-19-9-11-20(12-10-19)15(3)4/h14-15,18H,6-12H2,1-5H3. The predicted molar refractivity (Wildman–Crippen MR) is 84.7 cm³/mol. The molecule has 0 radical (unpaired) electrons. The summed E-state index contributed by atoms with van der Waals surface area (Å²) in [5.41, 5.74) is -0.381. The van der Waals surface area contributed by atoms with E-state index in [0.29, 0.717) is 12.1 Å². The van der Waals surface area contributed by atoms with Crippen molar-refractivity contribution in [3.63, 3.8) is 0 Å². The van der Waals surface area contributed by atoms with E-state index in [2.05, 4.69) is 48.9 Å². The van der Waals surface area contributed by atoms with Crippen LogP contribution in [-0.4, -0.2) is 60.1 Å². The molecule has 1 rings (SSSR count). The fourth-order valence-corrected chi connectivity index (χ4v) is 2.96. The van der Waals surface area contributed by atoms with Crippen molar-refractivity contribution >= 4 is 0 Å². The average molecular weight is 280 g/mol. The zero-order valence-electron chi connectivity index (χ0n) is 13.9. The van der Waals surface area contributed by atoms with Gasteiger partial charge in [-0.2, -0.15) is 5.26 Å². The van der Waals surface area contributed by atoms with Crippen LogP contribution < -0.4 is 5.32 Å². The van der Waals surface area contributed by atoms with Crippen molar-refractivity contribution in [3.05, 3.63) is 0 Å². The number of nitrogens with zero attached hydrogens (tertiary/aromatic N) is 3. The minimum Gasteiger partial charge on any atom is -0.301 e. The number of nitriles is 1. The van der Waals surface area contributed by atoms with Crippen LogP contribution in [0.15, 0.2) is 0 Å². The minimum atomic E-state index is -0.381. The molecular weight excluding hydrogens is 248 g/mol. The molecule has 0 aromatic rings. The molecule has 4 heteroatoms. The number of rotatable bonds is 7. The van der Waals surface area contributed by atoms with E-state index in [9.17, 15) is 5.26 Å². The summed E-state index contributed by atoms with van der Waals surface area (Å²) in [6.45, 7) is 16.6. The topological polar surface area (TPSA) is 42.3 Å². The molecule has 4 nitrogen and oxygen atoms in total. The maximum absolute atomic E-state index is 9.33. The van der Waals surface area contributed by atoms with Gasteiger partial charge in [-0.3, -0.25) is 10.2 Å². The minimum absolute atomic E-state index is 0.356. The molecular formula is C16H32N4. The van der Waals surface area contributed by atoms with Gasteiger partial charge in [0.05, 0.1) is 6.07 Å². The van der Waals surface area contributed by atoms with Crippen LogP contribution in [0.2, 0.25) is 0 Å². The van der Waals surface area contributed by atoms with Crippen LogP contribution in [0.25, 0.3) is 0 Å². The fraction of sp³-hybridized carbons (Fsp3) is 0.938. The second kappa shape index (κ2) is 7.97. The highest BCUT2D eigenvalue weighted by Gasteiger charge is 2.25. The van der Waals surface area contributed by atoms with Crippen molar-refractivity contribution in [1.82, 2.24) is 15.1 Å². The second-order valence-corrected chi connectivity index (χ2v) is 6.82. The SMILES string of the molecule is CC(C)NC(C)(C#N)CCCN1CCN(C(C)C)CC1. The van der Waals surface area contributed by atoms with Crippen molar-refractivity contribution < 1.29 is 0 Å². The molecule has 1 aliphatic heterocycles. The van der Waals surface area contributed by atoms with E-state index in [0.717, 1.165) is 19.4 Å². The lowest BCUT2D eigenvalue weighted by molar-refractivity contribution is 0.106. The Kier molecular flexibility index (Phi) is 6.94. The molecule has 1 atom stereocenters. The molecule has 0 aromatic carbocycles. The lowest BCUT2D eigenvalue weighted by atomic mass is 9.96. The van der Waals surface area contributed by atoms with Gasteiger partial charge in [0.1, 0.15) is 5.54 Å². The lowest BCUT2D eigenvalue weighted by Crippen LogP contribution is -2.49. The van der Waals surface area contributed by atoms with Crippen molar-refractivity contribution in [2.45, 2.75) is 65.1 Å². The second-order valence-electron chi connectivity index (χ2n) is 6.82. The molecule has 116 valence electrons. The highest BCUT2D eigenvalue weighted by Crippen LogP contribution is 2.14. The highest BCUT2D eigenvalue weighted by atomic mass is 15.3. The number of piperazine rings is 1. The summed E-state index contributed by atoms with van der Waals surface area (Å²) in [7, 11) is 0. The third-order valence-corrected chi connectivity index (χ3v) is 4.14. The number of hydrogen-bond donors (Lipinski definition) is 1. The zero-order chi connectivity index (χ0) is 15.2.